The average molecular weight is 271 g/mol. The van der Waals surface area contributed by atoms with Crippen LogP contribution in [0.1, 0.15) is 11.5 Å². The van der Waals surface area contributed by atoms with Gasteiger partial charge in [-0.3, -0.25) is 0 Å². The van der Waals surface area contributed by atoms with E-state index in [2.05, 4.69) is 9.34 Å². The normalized spacial score (nSPS) is 11.5. The van der Waals surface area contributed by atoms with Crippen molar-refractivity contribution >= 4 is 10.5 Å². The van der Waals surface area contributed by atoms with Crippen molar-refractivity contribution < 1.29 is 21.0 Å². The molecular formula is C11H10FNO4S. The maximum absolute atomic E-state index is 12.3. The van der Waals surface area contributed by atoms with Crippen LogP contribution in [0, 0.1) is 13.8 Å². The van der Waals surface area contributed by atoms with Crippen molar-refractivity contribution in [3.05, 3.63) is 35.7 Å². The molecule has 0 saturated heterocycles. The molecule has 0 saturated carbocycles. The highest BCUT2D eigenvalue weighted by atomic mass is 32.3. The molecule has 0 spiro atoms. The first-order chi connectivity index (χ1) is 8.37. The third-order valence-electron chi connectivity index (χ3n) is 2.37. The van der Waals surface area contributed by atoms with Crippen LogP contribution in [0.4, 0.5) is 3.89 Å². The maximum Gasteiger partial charge on any atom is 0.488 e. The molecule has 0 radical (unpaired) electrons. The Balaban J connectivity index is 2.34. The Morgan fingerprint density at radius 3 is 2.28 bits per heavy atom. The van der Waals surface area contributed by atoms with Crippen LogP contribution in [0.15, 0.2) is 28.8 Å². The summed E-state index contributed by atoms with van der Waals surface area (Å²) in [6.07, 6.45) is 0. The zero-order chi connectivity index (χ0) is 13.3. The first-order valence-corrected chi connectivity index (χ1v) is 6.35. The molecular weight excluding hydrogens is 261 g/mol. The predicted molar refractivity (Wildman–Crippen MR) is 62.1 cm³/mol. The fourth-order valence-electron chi connectivity index (χ4n) is 1.69. The van der Waals surface area contributed by atoms with Gasteiger partial charge in [0.2, 0.25) is 0 Å². The SMILES string of the molecule is Cc1noc(C)c1-c1ccc(OS(=O)(=O)F)cc1. The van der Waals surface area contributed by atoms with Crippen molar-refractivity contribution in [1.82, 2.24) is 5.16 Å². The van der Waals surface area contributed by atoms with Gasteiger partial charge in [-0.05, 0) is 31.5 Å². The summed E-state index contributed by atoms with van der Waals surface area (Å²) in [6, 6.07) is 5.93. The Kier molecular flexibility index (Phi) is 3.08. The Hall–Kier alpha value is -1.89. The highest BCUT2D eigenvalue weighted by Gasteiger charge is 2.13. The molecule has 2 rings (SSSR count). The molecule has 18 heavy (non-hydrogen) atoms. The number of hydrogen-bond acceptors (Lipinski definition) is 5. The lowest BCUT2D eigenvalue weighted by atomic mass is 10.0. The van der Waals surface area contributed by atoms with E-state index in [1.165, 1.54) is 12.1 Å². The van der Waals surface area contributed by atoms with E-state index >= 15 is 0 Å². The minimum atomic E-state index is -4.99. The quantitative estimate of drug-likeness (QED) is 0.802. The number of aromatic nitrogens is 1. The van der Waals surface area contributed by atoms with E-state index < -0.39 is 10.5 Å². The summed E-state index contributed by atoms with van der Waals surface area (Å²) in [5.41, 5.74) is 2.33. The van der Waals surface area contributed by atoms with Gasteiger partial charge in [0, 0.05) is 5.56 Å². The number of rotatable bonds is 3. The highest BCUT2D eigenvalue weighted by Crippen LogP contribution is 2.28. The van der Waals surface area contributed by atoms with E-state index in [0.29, 0.717) is 5.76 Å². The molecule has 0 fully saturated rings. The van der Waals surface area contributed by atoms with Crippen molar-refractivity contribution in [2.45, 2.75) is 13.8 Å². The van der Waals surface area contributed by atoms with Gasteiger partial charge in [0.25, 0.3) is 0 Å². The van der Waals surface area contributed by atoms with Crippen LogP contribution < -0.4 is 4.18 Å². The molecule has 0 N–H and O–H groups in total. The number of halogens is 1. The Labute approximate surface area is 104 Å². The van der Waals surface area contributed by atoms with E-state index in [0.717, 1.165) is 16.8 Å². The van der Waals surface area contributed by atoms with Crippen LogP contribution in [-0.2, 0) is 10.5 Å². The highest BCUT2D eigenvalue weighted by molar-refractivity contribution is 7.81. The van der Waals surface area contributed by atoms with Crippen LogP contribution in [0.25, 0.3) is 11.1 Å². The second-order valence-electron chi connectivity index (χ2n) is 3.70. The first kappa shape index (κ1) is 12.6. The van der Waals surface area contributed by atoms with E-state index in [9.17, 15) is 12.3 Å². The lowest BCUT2D eigenvalue weighted by Gasteiger charge is -2.02. The average Bonchev–Trinajstić information content (AvgIpc) is 2.58. The van der Waals surface area contributed by atoms with Crippen molar-refractivity contribution in [3.8, 4) is 16.9 Å². The van der Waals surface area contributed by atoms with Gasteiger partial charge in [-0.1, -0.05) is 21.2 Å². The predicted octanol–water partition coefficient (Wildman–Crippen LogP) is 2.55. The van der Waals surface area contributed by atoms with Gasteiger partial charge in [0.1, 0.15) is 11.5 Å². The molecule has 0 amide bonds. The molecule has 1 heterocycles. The van der Waals surface area contributed by atoms with Gasteiger partial charge in [0.15, 0.2) is 0 Å². The fraction of sp³-hybridized carbons (Fsp3) is 0.182. The molecule has 0 aliphatic heterocycles. The van der Waals surface area contributed by atoms with Crippen molar-refractivity contribution in [2.24, 2.45) is 0 Å². The van der Waals surface area contributed by atoms with Gasteiger partial charge >= 0.3 is 10.5 Å². The maximum atomic E-state index is 12.3. The topological polar surface area (TPSA) is 69.4 Å². The van der Waals surface area contributed by atoms with Crippen LogP contribution in [0.2, 0.25) is 0 Å². The Morgan fingerprint density at radius 1 is 1.22 bits per heavy atom. The van der Waals surface area contributed by atoms with Crippen LogP contribution in [-0.4, -0.2) is 13.6 Å². The lowest BCUT2D eigenvalue weighted by molar-refractivity contribution is 0.393. The fourth-order valence-corrected chi connectivity index (χ4v) is 2.03. The summed E-state index contributed by atoms with van der Waals surface area (Å²) in [5.74, 6) is 0.562. The summed E-state index contributed by atoms with van der Waals surface area (Å²) in [5, 5.41) is 3.81. The molecule has 96 valence electrons. The van der Waals surface area contributed by atoms with E-state index in [1.807, 2.05) is 0 Å². The zero-order valence-electron chi connectivity index (χ0n) is 9.68. The summed E-state index contributed by atoms with van der Waals surface area (Å²) in [6.45, 7) is 3.56. The third-order valence-corrected chi connectivity index (χ3v) is 2.76. The van der Waals surface area contributed by atoms with Crippen LogP contribution >= 0.6 is 0 Å². The van der Waals surface area contributed by atoms with Crippen molar-refractivity contribution in [3.63, 3.8) is 0 Å². The van der Waals surface area contributed by atoms with Gasteiger partial charge < -0.3 is 8.71 Å². The molecule has 1 aromatic heterocycles. The van der Waals surface area contributed by atoms with Gasteiger partial charge in [-0.25, -0.2) is 0 Å². The van der Waals surface area contributed by atoms with Gasteiger partial charge in [-0.2, -0.15) is 8.42 Å². The van der Waals surface area contributed by atoms with Gasteiger partial charge in [0.05, 0.1) is 5.69 Å². The largest absolute Gasteiger partial charge is 0.488 e. The second kappa shape index (κ2) is 4.41. The second-order valence-corrected chi connectivity index (χ2v) is 4.65. The Bertz CT molecular complexity index is 641. The van der Waals surface area contributed by atoms with Crippen molar-refractivity contribution in [1.29, 1.82) is 0 Å². The van der Waals surface area contributed by atoms with E-state index in [4.69, 9.17) is 4.52 Å². The smallest absolute Gasteiger partial charge is 0.361 e. The monoisotopic (exact) mass is 271 g/mol. The molecule has 1 aromatic carbocycles. The zero-order valence-corrected chi connectivity index (χ0v) is 10.5. The van der Waals surface area contributed by atoms with E-state index in [1.54, 1.807) is 26.0 Å². The summed E-state index contributed by atoms with van der Waals surface area (Å²) in [7, 11) is -4.99. The first-order valence-electron chi connectivity index (χ1n) is 5.04. The number of nitrogens with zero attached hydrogens (tertiary/aromatic N) is 1. The van der Waals surface area contributed by atoms with Crippen molar-refractivity contribution in [2.75, 3.05) is 0 Å². The molecule has 0 aliphatic rings. The summed E-state index contributed by atoms with van der Waals surface area (Å²) < 4.78 is 42.0. The third kappa shape index (κ3) is 2.67. The number of hydrogen-bond donors (Lipinski definition) is 0. The molecule has 0 bridgehead atoms. The van der Waals surface area contributed by atoms with Gasteiger partial charge in [-0.15, -0.1) is 0 Å². The minimum Gasteiger partial charge on any atom is -0.361 e. The Morgan fingerprint density at radius 2 is 1.83 bits per heavy atom. The molecule has 0 atom stereocenters. The standard InChI is InChI=1S/C11H10FNO4S/c1-7-11(8(2)16-13-7)9-3-5-10(6-4-9)17-18(12,14)15/h3-6H,1-2H3. The van der Waals surface area contributed by atoms with Crippen LogP contribution in [0.3, 0.4) is 0 Å². The van der Waals surface area contributed by atoms with Crippen LogP contribution in [0.5, 0.6) is 5.75 Å². The summed E-state index contributed by atoms with van der Waals surface area (Å²) >= 11 is 0. The minimum absolute atomic E-state index is 0.0898. The molecule has 7 heteroatoms. The molecule has 0 unspecified atom stereocenters. The number of benzene rings is 1. The molecule has 5 nitrogen and oxygen atoms in total. The lowest BCUT2D eigenvalue weighted by Crippen LogP contribution is -2.00. The molecule has 2 aromatic rings. The van der Waals surface area contributed by atoms with E-state index in [-0.39, 0.29) is 5.75 Å². The molecule has 0 aliphatic carbocycles. The number of aryl methyl sites for hydroxylation is 2. The summed E-state index contributed by atoms with van der Waals surface area (Å²) in [4.78, 5) is 0.